The molecule has 1 N–H and O–H groups in total. The maximum atomic E-state index is 12.0. The number of carbonyl (C=O) groups is 1. The van der Waals surface area contributed by atoms with Gasteiger partial charge in [-0.1, -0.05) is 32.6 Å². The predicted molar refractivity (Wildman–Crippen MR) is 85.4 cm³/mol. The Kier molecular flexibility index (Phi) is 7.49. The summed E-state index contributed by atoms with van der Waals surface area (Å²) in [5, 5.41) is 3.04. The lowest BCUT2D eigenvalue weighted by Crippen LogP contribution is -2.32. The second kappa shape index (κ2) is 8.33. The second-order valence-corrected chi connectivity index (χ2v) is 8.21. The van der Waals surface area contributed by atoms with Gasteiger partial charge in [0.05, 0.1) is 13.1 Å². The molecular weight excluding hydrogens is 378 g/mol. The highest BCUT2D eigenvalue weighted by Gasteiger charge is 2.15. The number of unbranched alkanes of at least 4 members (excludes halogenated alkanes) is 3. The van der Waals surface area contributed by atoms with E-state index >= 15 is 0 Å². The number of nitrogens with one attached hydrogen (secondary N) is 1. The Labute approximate surface area is 130 Å². The molecule has 1 atom stereocenters. The third kappa shape index (κ3) is 5.41. The normalized spacial score (nSPS) is 12.4. The molecule has 1 aromatic rings. The minimum absolute atomic E-state index is 0.00631. The molecule has 1 rings (SSSR count). The van der Waals surface area contributed by atoms with Crippen LogP contribution in [0.1, 0.15) is 56.3 Å². The number of hydrogen-bond donors (Lipinski definition) is 1. The van der Waals surface area contributed by atoms with Crippen LogP contribution in [0, 0.1) is 0 Å². The summed E-state index contributed by atoms with van der Waals surface area (Å²) in [4.78, 5) is 12.0. The van der Waals surface area contributed by atoms with Gasteiger partial charge in [0, 0.05) is 6.04 Å². The Bertz CT molecular complexity index is 392. The number of rotatable bonds is 7. The zero-order valence-corrected chi connectivity index (χ0v) is 14.8. The summed E-state index contributed by atoms with van der Waals surface area (Å²) >= 11 is 8.32. The van der Waals surface area contributed by atoms with E-state index < -0.39 is 0 Å². The van der Waals surface area contributed by atoms with Crippen LogP contribution in [-0.4, -0.2) is 11.9 Å². The predicted octanol–water partition coefficient (Wildman–Crippen LogP) is 5.36. The largest absolute Gasteiger partial charge is 0.350 e. The molecule has 1 heterocycles. The lowest BCUT2D eigenvalue weighted by Gasteiger charge is -2.13. The Morgan fingerprint density at radius 2 is 2.11 bits per heavy atom. The molecule has 0 aromatic carbocycles. The van der Waals surface area contributed by atoms with Crippen molar-refractivity contribution >= 4 is 49.1 Å². The van der Waals surface area contributed by atoms with Crippen molar-refractivity contribution in [2.75, 3.05) is 0 Å². The smallest absolute Gasteiger partial charge is 0.253 e. The van der Waals surface area contributed by atoms with Crippen LogP contribution in [0.5, 0.6) is 0 Å². The molecule has 0 aliphatic carbocycles. The molecule has 0 aliphatic heterocycles. The van der Waals surface area contributed by atoms with Gasteiger partial charge >= 0.3 is 0 Å². The van der Waals surface area contributed by atoms with E-state index in [4.69, 9.17) is 0 Å². The van der Waals surface area contributed by atoms with Crippen LogP contribution in [0.3, 0.4) is 0 Å². The number of amides is 1. The van der Waals surface area contributed by atoms with Crippen molar-refractivity contribution in [1.82, 2.24) is 5.32 Å². The van der Waals surface area contributed by atoms with Gasteiger partial charge < -0.3 is 5.32 Å². The minimum Gasteiger partial charge on any atom is -0.350 e. The first-order chi connectivity index (χ1) is 8.54. The van der Waals surface area contributed by atoms with Gasteiger partial charge in [-0.2, -0.15) is 0 Å². The maximum Gasteiger partial charge on any atom is 0.253 e. The number of hydrogen-bond acceptors (Lipinski definition) is 2. The average Bonchev–Trinajstić information content (AvgIpc) is 2.64. The Hall–Kier alpha value is 0.130. The molecule has 102 valence electrons. The van der Waals surface area contributed by atoms with E-state index in [9.17, 15) is 4.79 Å². The molecule has 1 aromatic heterocycles. The van der Waals surface area contributed by atoms with Gasteiger partial charge in [-0.05, 0) is 51.3 Å². The number of halogens is 2. The van der Waals surface area contributed by atoms with E-state index in [1.807, 2.05) is 6.07 Å². The van der Waals surface area contributed by atoms with Gasteiger partial charge in [-0.25, -0.2) is 0 Å². The molecule has 18 heavy (non-hydrogen) atoms. The van der Waals surface area contributed by atoms with Gasteiger partial charge in [0.1, 0.15) is 0 Å². The molecule has 1 unspecified atom stereocenters. The van der Waals surface area contributed by atoms with Crippen LogP contribution >= 0.6 is 43.2 Å². The van der Waals surface area contributed by atoms with Gasteiger partial charge in [0.15, 0.2) is 0 Å². The summed E-state index contributed by atoms with van der Waals surface area (Å²) in [5.41, 5.74) is 0.715. The van der Waals surface area contributed by atoms with Crippen molar-refractivity contribution in [1.29, 1.82) is 0 Å². The highest BCUT2D eigenvalue weighted by molar-refractivity contribution is 9.12. The standard InChI is InChI=1S/C13H19Br2NOS/c1-3-4-5-6-7-9(2)16-13(17)10-8-11(14)18-12(10)15/h8-9H,3-7H2,1-2H3,(H,16,17). The molecular formula is C13H19Br2NOS. The van der Waals surface area contributed by atoms with Gasteiger partial charge in [-0.15, -0.1) is 11.3 Å². The molecule has 0 radical (unpaired) electrons. The Balaban J connectivity index is 2.37. The Morgan fingerprint density at radius 1 is 1.39 bits per heavy atom. The molecule has 0 saturated heterocycles. The summed E-state index contributed by atoms with van der Waals surface area (Å²) in [6.45, 7) is 4.27. The van der Waals surface area contributed by atoms with E-state index in [1.165, 1.54) is 37.0 Å². The molecule has 0 bridgehead atoms. The fraction of sp³-hybridized carbons (Fsp3) is 0.615. The van der Waals surface area contributed by atoms with E-state index in [0.29, 0.717) is 5.56 Å². The van der Waals surface area contributed by atoms with Crippen LogP contribution in [0.15, 0.2) is 13.6 Å². The van der Waals surface area contributed by atoms with Crippen LogP contribution in [-0.2, 0) is 0 Å². The van der Waals surface area contributed by atoms with Crippen molar-refractivity contribution < 1.29 is 4.79 Å². The first-order valence-electron chi connectivity index (χ1n) is 6.30. The van der Waals surface area contributed by atoms with Gasteiger partial charge in [0.2, 0.25) is 0 Å². The number of carbonyl (C=O) groups excluding carboxylic acids is 1. The fourth-order valence-corrected chi connectivity index (χ4v) is 4.54. The zero-order valence-electron chi connectivity index (χ0n) is 10.8. The van der Waals surface area contributed by atoms with E-state index in [2.05, 4.69) is 51.0 Å². The molecule has 0 fully saturated rings. The lowest BCUT2D eigenvalue weighted by molar-refractivity contribution is 0.0937. The van der Waals surface area contributed by atoms with Gasteiger partial charge in [0.25, 0.3) is 5.91 Å². The van der Waals surface area contributed by atoms with Crippen molar-refractivity contribution in [3.63, 3.8) is 0 Å². The summed E-state index contributed by atoms with van der Waals surface area (Å²) < 4.78 is 1.85. The van der Waals surface area contributed by atoms with E-state index in [-0.39, 0.29) is 11.9 Å². The highest BCUT2D eigenvalue weighted by Crippen LogP contribution is 2.31. The van der Waals surface area contributed by atoms with Gasteiger partial charge in [-0.3, -0.25) is 4.79 Å². The van der Waals surface area contributed by atoms with E-state index in [0.717, 1.165) is 14.0 Å². The maximum absolute atomic E-state index is 12.0. The lowest BCUT2D eigenvalue weighted by atomic mass is 10.1. The highest BCUT2D eigenvalue weighted by atomic mass is 79.9. The third-order valence-electron chi connectivity index (χ3n) is 2.77. The number of thiophene rings is 1. The van der Waals surface area contributed by atoms with Crippen molar-refractivity contribution in [3.05, 3.63) is 19.2 Å². The second-order valence-electron chi connectivity index (χ2n) is 4.46. The Morgan fingerprint density at radius 3 is 2.67 bits per heavy atom. The monoisotopic (exact) mass is 395 g/mol. The van der Waals surface area contributed by atoms with Crippen LogP contribution < -0.4 is 5.32 Å². The summed E-state index contributed by atoms with van der Waals surface area (Å²) in [5.74, 6) is 0.00631. The average molecular weight is 397 g/mol. The van der Waals surface area contributed by atoms with Crippen molar-refractivity contribution in [2.24, 2.45) is 0 Å². The molecule has 0 spiro atoms. The van der Waals surface area contributed by atoms with Crippen LogP contribution in [0.2, 0.25) is 0 Å². The van der Waals surface area contributed by atoms with Crippen LogP contribution in [0.4, 0.5) is 0 Å². The van der Waals surface area contributed by atoms with Crippen molar-refractivity contribution in [3.8, 4) is 0 Å². The van der Waals surface area contributed by atoms with Crippen molar-refractivity contribution in [2.45, 2.75) is 52.0 Å². The SMILES string of the molecule is CCCCCCC(C)NC(=O)c1cc(Br)sc1Br. The molecule has 0 saturated carbocycles. The topological polar surface area (TPSA) is 29.1 Å². The molecule has 5 heteroatoms. The summed E-state index contributed by atoms with van der Waals surface area (Å²) in [6.07, 6.45) is 6.02. The van der Waals surface area contributed by atoms with Crippen LogP contribution in [0.25, 0.3) is 0 Å². The zero-order chi connectivity index (χ0) is 13.5. The first kappa shape index (κ1) is 16.2. The third-order valence-corrected chi connectivity index (χ3v) is 5.11. The quantitative estimate of drug-likeness (QED) is 0.617. The van der Waals surface area contributed by atoms with E-state index in [1.54, 1.807) is 0 Å². The molecule has 0 aliphatic rings. The fourth-order valence-electron chi connectivity index (χ4n) is 1.75. The summed E-state index contributed by atoms with van der Waals surface area (Å²) in [7, 11) is 0. The minimum atomic E-state index is 0.00631. The first-order valence-corrected chi connectivity index (χ1v) is 8.70. The molecule has 2 nitrogen and oxygen atoms in total. The molecule has 1 amide bonds. The summed E-state index contributed by atoms with van der Waals surface area (Å²) in [6, 6.07) is 2.09.